The Bertz CT molecular complexity index is 254. The zero-order chi connectivity index (χ0) is 12.2. The van der Waals surface area contributed by atoms with Gasteiger partial charge in [0.25, 0.3) is 0 Å². The van der Waals surface area contributed by atoms with Gasteiger partial charge >= 0.3 is 5.97 Å². The maximum Gasteiger partial charge on any atom is 0.330 e. The van der Waals surface area contributed by atoms with Crippen LogP contribution in [0.3, 0.4) is 0 Å². The average Bonchev–Trinajstić information content (AvgIpc) is 2.30. The summed E-state index contributed by atoms with van der Waals surface area (Å²) in [6.07, 6.45) is 9.53. The quantitative estimate of drug-likeness (QED) is 0.262. The van der Waals surface area contributed by atoms with Crippen molar-refractivity contribution in [2.45, 2.75) is 38.5 Å². The second-order valence-electron chi connectivity index (χ2n) is 3.54. The number of methoxy groups -OCH3 is 1. The van der Waals surface area contributed by atoms with Crippen molar-refractivity contribution in [1.82, 2.24) is 0 Å². The first-order chi connectivity index (χ1) is 7.70. The van der Waals surface area contributed by atoms with E-state index in [0.29, 0.717) is 19.3 Å². The van der Waals surface area contributed by atoms with Gasteiger partial charge in [0.2, 0.25) is 0 Å². The molecule has 0 saturated heterocycles. The van der Waals surface area contributed by atoms with Crippen LogP contribution < -0.4 is 0 Å². The van der Waals surface area contributed by atoms with Gasteiger partial charge in [-0.25, -0.2) is 4.79 Å². The maximum absolute atomic E-state index is 11.3. The second kappa shape index (κ2) is 10.1. The van der Waals surface area contributed by atoms with Gasteiger partial charge in [0.1, 0.15) is 5.78 Å². The van der Waals surface area contributed by atoms with E-state index in [0.717, 1.165) is 19.3 Å². The zero-order valence-electron chi connectivity index (χ0n) is 9.91. The molecule has 0 aliphatic carbocycles. The molecule has 90 valence electrons. The molecule has 0 bridgehead atoms. The Kier molecular flexibility index (Phi) is 9.27. The number of unbranched alkanes of at least 4 members (excludes halogenated alkanes) is 2. The molecule has 0 aliphatic rings. The molecule has 3 heteroatoms. The molecule has 0 saturated carbocycles. The Morgan fingerprint density at radius 1 is 1.19 bits per heavy atom. The summed E-state index contributed by atoms with van der Waals surface area (Å²) in [5.74, 6) is -0.128. The van der Waals surface area contributed by atoms with Gasteiger partial charge < -0.3 is 4.74 Å². The van der Waals surface area contributed by atoms with Crippen molar-refractivity contribution >= 4 is 11.8 Å². The highest BCUT2D eigenvalue weighted by Gasteiger charge is 2.00. The van der Waals surface area contributed by atoms with Crippen LogP contribution in [0.25, 0.3) is 0 Å². The normalized spacial score (nSPS) is 10.3. The van der Waals surface area contributed by atoms with E-state index in [9.17, 15) is 9.59 Å². The minimum absolute atomic E-state index is 0.249. The second-order valence-corrected chi connectivity index (χ2v) is 3.54. The summed E-state index contributed by atoms with van der Waals surface area (Å²) in [7, 11) is 1.33. The summed E-state index contributed by atoms with van der Waals surface area (Å²) in [6.45, 7) is 3.62. The Balaban J connectivity index is 3.47. The molecule has 0 atom stereocenters. The molecule has 0 fully saturated rings. The lowest BCUT2D eigenvalue weighted by Crippen LogP contribution is -1.97. The van der Waals surface area contributed by atoms with E-state index in [1.165, 1.54) is 13.2 Å². The van der Waals surface area contributed by atoms with Crippen molar-refractivity contribution in [2.24, 2.45) is 0 Å². The highest BCUT2D eigenvalue weighted by molar-refractivity contribution is 5.82. The van der Waals surface area contributed by atoms with E-state index in [4.69, 9.17) is 0 Å². The van der Waals surface area contributed by atoms with Crippen LogP contribution in [0.1, 0.15) is 38.5 Å². The number of hydrogen-bond donors (Lipinski definition) is 0. The fourth-order valence-corrected chi connectivity index (χ4v) is 1.23. The number of rotatable bonds is 9. The third-order valence-electron chi connectivity index (χ3n) is 2.16. The third kappa shape index (κ3) is 9.19. The van der Waals surface area contributed by atoms with Crippen LogP contribution in [-0.2, 0) is 14.3 Å². The van der Waals surface area contributed by atoms with Crippen molar-refractivity contribution in [3.05, 3.63) is 24.8 Å². The highest BCUT2D eigenvalue weighted by Crippen LogP contribution is 2.04. The highest BCUT2D eigenvalue weighted by atomic mass is 16.5. The number of allylic oxidation sites excluding steroid dienone is 2. The topological polar surface area (TPSA) is 43.4 Å². The van der Waals surface area contributed by atoms with Crippen molar-refractivity contribution in [3.63, 3.8) is 0 Å². The number of esters is 1. The summed E-state index contributed by atoms with van der Waals surface area (Å²) in [5.41, 5.74) is 0. The minimum Gasteiger partial charge on any atom is -0.466 e. The number of Topliss-reactive ketones (excluding diaryl/α,β-unsaturated/α-hetero) is 1. The largest absolute Gasteiger partial charge is 0.466 e. The van der Waals surface area contributed by atoms with Gasteiger partial charge in [-0.1, -0.05) is 12.2 Å². The number of carbonyl (C=O) groups is 2. The molecule has 0 N–H and O–H groups in total. The van der Waals surface area contributed by atoms with Crippen LogP contribution >= 0.6 is 0 Å². The fourth-order valence-electron chi connectivity index (χ4n) is 1.23. The van der Waals surface area contributed by atoms with Gasteiger partial charge in [0.05, 0.1) is 7.11 Å². The third-order valence-corrected chi connectivity index (χ3v) is 2.16. The molecule has 0 rings (SSSR count). The Morgan fingerprint density at radius 3 is 2.56 bits per heavy atom. The molecule has 0 spiro atoms. The molecular formula is C13H20O3. The molecule has 0 aromatic rings. The Hall–Kier alpha value is -1.38. The van der Waals surface area contributed by atoms with Crippen molar-refractivity contribution < 1.29 is 14.3 Å². The van der Waals surface area contributed by atoms with Gasteiger partial charge in [-0.05, 0) is 25.7 Å². The number of carbonyl (C=O) groups excluding carboxylic acids is 2. The molecule has 0 aliphatic heterocycles. The molecular weight excluding hydrogens is 204 g/mol. The fraction of sp³-hybridized carbons (Fsp3) is 0.538. The SMILES string of the molecule is C=CCCCCC(=O)CC/C=C/C(=O)OC. The van der Waals surface area contributed by atoms with E-state index in [2.05, 4.69) is 11.3 Å². The molecule has 0 aromatic carbocycles. The van der Waals surface area contributed by atoms with Gasteiger partial charge in [-0.3, -0.25) is 4.79 Å². The first kappa shape index (κ1) is 14.6. The predicted molar refractivity (Wildman–Crippen MR) is 64.1 cm³/mol. The summed E-state index contributed by atoms with van der Waals surface area (Å²) in [5, 5.41) is 0. The van der Waals surface area contributed by atoms with E-state index in [1.807, 2.05) is 6.08 Å². The Morgan fingerprint density at radius 2 is 1.94 bits per heavy atom. The lowest BCUT2D eigenvalue weighted by atomic mass is 10.1. The van der Waals surface area contributed by atoms with Crippen molar-refractivity contribution in [1.29, 1.82) is 0 Å². The summed E-state index contributed by atoms with van der Waals surface area (Å²) < 4.78 is 4.43. The van der Waals surface area contributed by atoms with Gasteiger partial charge in [0, 0.05) is 18.9 Å². The predicted octanol–water partition coefficient (Wildman–Crippen LogP) is 2.81. The zero-order valence-corrected chi connectivity index (χ0v) is 9.91. The minimum atomic E-state index is -0.376. The van der Waals surface area contributed by atoms with E-state index in [-0.39, 0.29) is 11.8 Å². The lowest BCUT2D eigenvalue weighted by Gasteiger charge is -1.97. The first-order valence-corrected chi connectivity index (χ1v) is 5.57. The summed E-state index contributed by atoms with van der Waals surface area (Å²) >= 11 is 0. The van der Waals surface area contributed by atoms with Crippen LogP contribution in [0, 0.1) is 0 Å². The monoisotopic (exact) mass is 224 g/mol. The number of ketones is 1. The summed E-state index contributed by atoms with van der Waals surface area (Å²) in [4.78, 5) is 22.0. The van der Waals surface area contributed by atoms with Gasteiger partial charge in [0.15, 0.2) is 0 Å². The molecule has 0 heterocycles. The van der Waals surface area contributed by atoms with Crippen molar-refractivity contribution in [3.8, 4) is 0 Å². The Labute approximate surface area is 97.2 Å². The smallest absolute Gasteiger partial charge is 0.330 e. The average molecular weight is 224 g/mol. The van der Waals surface area contributed by atoms with Crippen LogP contribution in [0.15, 0.2) is 24.8 Å². The summed E-state index contributed by atoms with van der Waals surface area (Å²) in [6, 6.07) is 0. The van der Waals surface area contributed by atoms with Crippen molar-refractivity contribution in [2.75, 3.05) is 7.11 Å². The molecule has 16 heavy (non-hydrogen) atoms. The first-order valence-electron chi connectivity index (χ1n) is 5.57. The number of hydrogen-bond acceptors (Lipinski definition) is 3. The van der Waals surface area contributed by atoms with E-state index in [1.54, 1.807) is 6.08 Å². The molecule has 0 amide bonds. The molecule has 3 nitrogen and oxygen atoms in total. The molecule has 0 unspecified atom stereocenters. The van der Waals surface area contributed by atoms with Gasteiger partial charge in [-0.2, -0.15) is 0 Å². The van der Waals surface area contributed by atoms with E-state index >= 15 is 0 Å². The molecule has 0 aromatic heterocycles. The lowest BCUT2D eigenvalue weighted by molar-refractivity contribution is -0.134. The number of ether oxygens (including phenoxy) is 1. The van der Waals surface area contributed by atoms with Gasteiger partial charge in [-0.15, -0.1) is 6.58 Å². The standard InChI is InChI=1S/C13H20O3/c1-3-4-5-6-9-12(14)10-7-8-11-13(15)16-2/h3,8,11H,1,4-7,9-10H2,2H3/b11-8+. The maximum atomic E-state index is 11.3. The van der Waals surface area contributed by atoms with E-state index < -0.39 is 0 Å². The van der Waals surface area contributed by atoms with Crippen LogP contribution in [0.2, 0.25) is 0 Å². The van der Waals surface area contributed by atoms with Crippen LogP contribution in [0.5, 0.6) is 0 Å². The molecule has 0 radical (unpaired) electrons. The van der Waals surface area contributed by atoms with Crippen LogP contribution in [0.4, 0.5) is 0 Å². The van der Waals surface area contributed by atoms with Crippen LogP contribution in [-0.4, -0.2) is 18.9 Å².